The van der Waals surface area contributed by atoms with Crippen molar-refractivity contribution in [1.82, 2.24) is 5.32 Å². The molecule has 0 saturated carbocycles. The number of nitrogens with one attached hydrogen (secondary N) is 1. The van der Waals surface area contributed by atoms with Crippen molar-refractivity contribution >= 4 is 0 Å². The first kappa shape index (κ1) is 10.5. The molecule has 0 saturated heterocycles. The number of likely N-dealkylation sites (N-methyl/N-ethyl adjacent to an activating group) is 1. The van der Waals surface area contributed by atoms with Gasteiger partial charge < -0.3 is 5.32 Å². The fraction of sp³-hybridized carbons (Fsp3) is 0.667. The molecule has 0 radical (unpaired) electrons. The predicted molar refractivity (Wildman–Crippen MR) is 58.8 cm³/mol. The van der Waals surface area contributed by atoms with Crippen molar-refractivity contribution < 1.29 is 0 Å². The molecule has 74 valence electrons. The van der Waals surface area contributed by atoms with Crippen molar-refractivity contribution in [3.8, 4) is 0 Å². The molecular formula is C12H21N. The first-order valence-corrected chi connectivity index (χ1v) is 5.20. The molecule has 0 amide bonds. The Hall–Kier alpha value is -0.560. The van der Waals surface area contributed by atoms with Gasteiger partial charge in [-0.2, -0.15) is 0 Å². The van der Waals surface area contributed by atoms with Crippen molar-refractivity contribution in [2.45, 2.75) is 39.2 Å². The van der Waals surface area contributed by atoms with Gasteiger partial charge in [0.15, 0.2) is 0 Å². The molecule has 1 N–H and O–H groups in total. The lowest BCUT2D eigenvalue weighted by Crippen LogP contribution is -2.40. The molecular weight excluding hydrogens is 158 g/mol. The van der Waals surface area contributed by atoms with Gasteiger partial charge in [0.2, 0.25) is 0 Å². The molecule has 13 heavy (non-hydrogen) atoms. The molecule has 2 atom stereocenters. The zero-order chi connectivity index (χ0) is 9.90. The van der Waals surface area contributed by atoms with Gasteiger partial charge in [-0.05, 0) is 38.3 Å². The molecule has 0 bridgehead atoms. The summed E-state index contributed by atoms with van der Waals surface area (Å²) in [6.07, 6.45) is 9.26. The van der Waals surface area contributed by atoms with Crippen LogP contribution in [0.3, 0.4) is 0 Å². The van der Waals surface area contributed by atoms with Gasteiger partial charge in [-0.15, -0.1) is 0 Å². The van der Waals surface area contributed by atoms with Gasteiger partial charge in [0.25, 0.3) is 0 Å². The van der Waals surface area contributed by atoms with Crippen LogP contribution in [-0.2, 0) is 0 Å². The predicted octanol–water partition coefficient (Wildman–Crippen LogP) is 2.90. The molecule has 1 nitrogen and oxygen atoms in total. The molecule has 0 heterocycles. The van der Waals surface area contributed by atoms with Crippen LogP contribution in [0.5, 0.6) is 0 Å². The molecule has 2 unspecified atom stereocenters. The summed E-state index contributed by atoms with van der Waals surface area (Å²) in [5, 5.41) is 3.39. The van der Waals surface area contributed by atoms with Crippen LogP contribution in [0.25, 0.3) is 0 Å². The fourth-order valence-corrected chi connectivity index (χ4v) is 1.66. The van der Waals surface area contributed by atoms with Crippen LogP contribution in [0, 0.1) is 5.92 Å². The standard InChI is InChI=1S/C12H21N/c1-5-12(3,13-4)11-8-6-10(2)7-9-11/h6,8-10,13H,5,7H2,1-4H3. The van der Waals surface area contributed by atoms with E-state index in [0.717, 1.165) is 6.42 Å². The van der Waals surface area contributed by atoms with Gasteiger partial charge in [-0.1, -0.05) is 32.1 Å². The van der Waals surface area contributed by atoms with E-state index >= 15 is 0 Å². The van der Waals surface area contributed by atoms with Gasteiger partial charge in [-0.25, -0.2) is 0 Å². The van der Waals surface area contributed by atoms with E-state index in [1.54, 1.807) is 0 Å². The van der Waals surface area contributed by atoms with Crippen LogP contribution in [-0.4, -0.2) is 12.6 Å². The van der Waals surface area contributed by atoms with Gasteiger partial charge in [0, 0.05) is 5.54 Å². The Kier molecular flexibility index (Phi) is 3.32. The monoisotopic (exact) mass is 179 g/mol. The summed E-state index contributed by atoms with van der Waals surface area (Å²) >= 11 is 0. The lowest BCUT2D eigenvalue weighted by Gasteiger charge is -2.31. The molecule has 1 aliphatic rings. The number of hydrogen-bond donors (Lipinski definition) is 1. The topological polar surface area (TPSA) is 12.0 Å². The summed E-state index contributed by atoms with van der Waals surface area (Å²) in [6, 6.07) is 0. The molecule has 0 spiro atoms. The van der Waals surface area contributed by atoms with Crippen molar-refractivity contribution in [3.05, 3.63) is 23.8 Å². The van der Waals surface area contributed by atoms with Gasteiger partial charge in [-0.3, -0.25) is 0 Å². The fourth-order valence-electron chi connectivity index (χ4n) is 1.66. The second kappa shape index (κ2) is 4.10. The number of rotatable bonds is 3. The van der Waals surface area contributed by atoms with Crippen LogP contribution >= 0.6 is 0 Å². The van der Waals surface area contributed by atoms with E-state index in [2.05, 4.69) is 44.3 Å². The first-order chi connectivity index (χ1) is 6.12. The van der Waals surface area contributed by atoms with Crippen molar-refractivity contribution in [2.24, 2.45) is 5.92 Å². The summed E-state index contributed by atoms with van der Waals surface area (Å²) < 4.78 is 0. The number of hydrogen-bond acceptors (Lipinski definition) is 1. The largest absolute Gasteiger partial charge is 0.311 e. The maximum Gasteiger partial charge on any atom is 0.0397 e. The van der Waals surface area contributed by atoms with Crippen molar-refractivity contribution in [3.63, 3.8) is 0 Å². The average molecular weight is 179 g/mol. The second-order valence-corrected chi connectivity index (χ2v) is 4.17. The van der Waals surface area contributed by atoms with E-state index in [-0.39, 0.29) is 5.54 Å². The van der Waals surface area contributed by atoms with Crippen LogP contribution in [0.2, 0.25) is 0 Å². The molecule has 0 fully saturated rings. The molecule has 0 aromatic heterocycles. The van der Waals surface area contributed by atoms with Crippen LogP contribution in [0.1, 0.15) is 33.6 Å². The third-order valence-electron chi connectivity index (χ3n) is 3.21. The second-order valence-electron chi connectivity index (χ2n) is 4.17. The minimum atomic E-state index is 0.163. The van der Waals surface area contributed by atoms with E-state index in [0.29, 0.717) is 5.92 Å². The Morgan fingerprint density at radius 1 is 1.62 bits per heavy atom. The highest BCUT2D eigenvalue weighted by molar-refractivity contribution is 5.33. The normalized spacial score (nSPS) is 26.8. The third-order valence-corrected chi connectivity index (χ3v) is 3.21. The zero-order valence-electron chi connectivity index (χ0n) is 9.22. The summed E-state index contributed by atoms with van der Waals surface area (Å²) in [6.45, 7) is 6.74. The molecule has 0 aromatic carbocycles. The summed E-state index contributed by atoms with van der Waals surface area (Å²) in [5.74, 6) is 0.710. The maximum atomic E-state index is 3.39. The van der Waals surface area contributed by atoms with Crippen molar-refractivity contribution in [1.29, 1.82) is 0 Å². The van der Waals surface area contributed by atoms with E-state index < -0.39 is 0 Å². The highest BCUT2D eigenvalue weighted by atomic mass is 14.9. The Balaban J connectivity index is 2.77. The molecule has 1 heteroatoms. The molecule has 0 aromatic rings. The Morgan fingerprint density at radius 3 is 2.69 bits per heavy atom. The van der Waals surface area contributed by atoms with Gasteiger partial charge >= 0.3 is 0 Å². The quantitative estimate of drug-likeness (QED) is 0.702. The van der Waals surface area contributed by atoms with Crippen LogP contribution < -0.4 is 5.32 Å². The Bertz CT molecular complexity index is 221. The third kappa shape index (κ3) is 2.22. The zero-order valence-corrected chi connectivity index (χ0v) is 9.22. The van der Waals surface area contributed by atoms with Gasteiger partial charge in [0.05, 0.1) is 0 Å². The van der Waals surface area contributed by atoms with E-state index in [9.17, 15) is 0 Å². The number of allylic oxidation sites excluding steroid dienone is 2. The lowest BCUT2D eigenvalue weighted by atomic mass is 9.84. The molecule has 0 aliphatic heterocycles. The lowest BCUT2D eigenvalue weighted by molar-refractivity contribution is 0.440. The maximum absolute atomic E-state index is 3.39. The first-order valence-electron chi connectivity index (χ1n) is 5.20. The van der Waals surface area contributed by atoms with E-state index in [1.165, 1.54) is 12.0 Å². The summed E-state index contributed by atoms with van der Waals surface area (Å²) in [7, 11) is 2.04. The molecule has 1 rings (SSSR count). The average Bonchev–Trinajstić information content (AvgIpc) is 2.18. The van der Waals surface area contributed by atoms with Gasteiger partial charge in [0.1, 0.15) is 0 Å². The highest BCUT2D eigenvalue weighted by Crippen LogP contribution is 2.26. The minimum Gasteiger partial charge on any atom is -0.311 e. The highest BCUT2D eigenvalue weighted by Gasteiger charge is 2.23. The van der Waals surface area contributed by atoms with Crippen molar-refractivity contribution in [2.75, 3.05) is 7.05 Å². The smallest absolute Gasteiger partial charge is 0.0397 e. The SMILES string of the molecule is CCC(C)(NC)C1=CCC(C)C=C1. The van der Waals surface area contributed by atoms with Crippen LogP contribution in [0.15, 0.2) is 23.8 Å². The van der Waals surface area contributed by atoms with E-state index in [1.807, 2.05) is 7.05 Å². The minimum absolute atomic E-state index is 0.163. The Labute approximate surface area is 81.9 Å². The summed E-state index contributed by atoms with van der Waals surface area (Å²) in [4.78, 5) is 0. The van der Waals surface area contributed by atoms with E-state index in [4.69, 9.17) is 0 Å². The molecule has 1 aliphatic carbocycles. The van der Waals surface area contributed by atoms with Crippen LogP contribution in [0.4, 0.5) is 0 Å². The summed E-state index contributed by atoms with van der Waals surface area (Å²) in [5.41, 5.74) is 1.60. The Morgan fingerprint density at radius 2 is 2.31 bits per heavy atom.